The van der Waals surface area contributed by atoms with Gasteiger partial charge in [0.05, 0.1) is 23.3 Å². The van der Waals surface area contributed by atoms with Crippen molar-refractivity contribution in [1.29, 1.82) is 0 Å². The Balaban J connectivity index is 1.71. The highest BCUT2D eigenvalue weighted by molar-refractivity contribution is 6.76. The van der Waals surface area contributed by atoms with Crippen molar-refractivity contribution in [3.8, 4) is 0 Å². The molecule has 3 aromatic carbocycles. The molecule has 3 aromatic rings. The van der Waals surface area contributed by atoms with Gasteiger partial charge in [0, 0.05) is 14.7 Å². The molecule has 5 atom stereocenters. The van der Waals surface area contributed by atoms with Crippen LogP contribution < -0.4 is 0 Å². The average molecular weight is 593 g/mol. The van der Waals surface area contributed by atoms with Gasteiger partial charge < -0.3 is 28.8 Å². The van der Waals surface area contributed by atoms with Crippen LogP contribution in [-0.2, 0) is 23.7 Å². The van der Waals surface area contributed by atoms with Crippen molar-refractivity contribution in [2.75, 3.05) is 13.2 Å². The minimum Gasteiger partial charge on any atom is -0.452 e. The lowest BCUT2D eigenvalue weighted by Crippen LogP contribution is -2.63. The van der Waals surface area contributed by atoms with E-state index in [0.29, 0.717) is 0 Å². The molecule has 0 radical (unpaired) electrons. The molecular formula is C32H36O9Si. The topological polar surface area (TPSA) is 118 Å². The van der Waals surface area contributed by atoms with E-state index < -0.39 is 63.3 Å². The molecule has 1 heterocycles. The van der Waals surface area contributed by atoms with Crippen LogP contribution in [0.25, 0.3) is 0 Å². The van der Waals surface area contributed by atoms with Crippen LogP contribution in [0.3, 0.4) is 0 Å². The Bertz CT molecular complexity index is 1310. The summed E-state index contributed by atoms with van der Waals surface area (Å²) in [5.41, 5.74) is 0.740. The second kappa shape index (κ2) is 14.4. The minimum absolute atomic E-state index is 0.238. The quantitative estimate of drug-likeness (QED) is 0.191. The molecule has 1 N–H and O–H groups in total. The fraction of sp³-hybridized carbons (Fsp3) is 0.344. The van der Waals surface area contributed by atoms with Gasteiger partial charge >= 0.3 is 17.9 Å². The summed E-state index contributed by atoms with van der Waals surface area (Å²) in [6.07, 6.45) is -6.40. The van der Waals surface area contributed by atoms with Crippen molar-refractivity contribution in [2.45, 2.75) is 56.4 Å². The van der Waals surface area contributed by atoms with Gasteiger partial charge in [-0.3, -0.25) is 0 Å². The average Bonchev–Trinajstić information content (AvgIpc) is 3.00. The maximum absolute atomic E-state index is 13.3. The number of rotatable bonds is 11. The Kier molecular flexibility index (Phi) is 10.6. The van der Waals surface area contributed by atoms with Crippen molar-refractivity contribution in [1.82, 2.24) is 0 Å². The van der Waals surface area contributed by atoms with Crippen LogP contribution in [0, 0.1) is 0 Å². The molecule has 1 saturated heterocycles. The van der Waals surface area contributed by atoms with E-state index in [1.807, 2.05) is 0 Å². The molecule has 1 aliphatic heterocycles. The summed E-state index contributed by atoms with van der Waals surface area (Å²) in [7, 11) is -1.53. The smallest absolute Gasteiger partial charge is 0.338 e. The fourth-order valence-corrected chi connectivity index (χ4v) is 5.07. The third-order valence-corrected chi connectivity index (χ3v) is 8.37. The largest absolute Gasteiger partial charge is 0.452 e. The van der Waals surface area contributed by atoms with E-state index in [9.17, 15) is 19.5 Å². The first-order valence-electron chi connectivity index (χ1n) is 13.8. The first-order chi connectivity index (χ1) is 20.2. The number of carbonyl (C=O) groups is 3. The maximum Gasteiger partial charge on any atom is 0.338 e. The Morgan fingerprint density at radius 2 is 1.07 bits per heavy atom. The predicted octanol–water partition coefficient (Wildman–Crippen LogP) is 4.74. The van der Waals surface area contributed by atoms with E-state index in [-0.39, 0.29) is 23.3 Å². The van der Waals surface area contributed by atoms with Crippen molar-refractivity contribution < 1.29 is 43.2 Å². The number of aliphatic hydroxyl groups excluding tert-OH is 1. The van der Waals surface area contributed by atoms with Crippen LogP contribution in [0.15, 0.2) is 91.0 Å². The van der Waals surface area contributed by atoms with Gasteiger partial charge in [-0.25, -0.2) is 14.4 Å². The van der Waals surface area contributed by atoms with Gasteiger partial charge in [0.2, 0.25) is 0 Å². The second-order valence-electron chi connectivity index (χ2n) is 11.1. The molecule has 4 rings (SSSR count). The van der Waals surface area contributed by atoms with Gasteiger partial charge in [-0.2, -0.15) is 0 Å². The molecule has 1 aliphatic rings. The molecule has 0 unspecified atom stereocenters. The highest BCUT2D eigenvalue weighted by Crippen LogP contribution is 2.31. The zero-order valence-electron chi connectivity index (χ0n) is 23.9. The summed E-state index contributed by atoms with van der Waals surface area (Å²) >= 11 is 0. The Morgan fingerprint density at radius 3 is 1.48 bits per heavy atom. The van der Waals surface area contributed by atoms with Crippen LogP contribution in [0.2, 0.25) is 25.7 Å². The summed E-state index contributed by atoms with van der Waals surface area (Å²) in [5.74, 6) is -2.17. The lowest BCUT2D eigenvalue weighted by Gasteiger charge is -2.44. The molecule has 9 nitrogen and oxygen atoms in total. The van der Waals surface area contributed by atoms with Crippen molar-refractivity contribution in [3.05, 3.63) is 108 Å². The molecular weight excluding hydrogens is 556 g/mol. The number of aliphatic hydroxyl groups is 1. The number of esters is 3. The van der Waals surface area contributed by atoms with Crippen LogP contribution in [-0.4, -0.2) is 75.0 Å². The van der Waals surface area contributed by atoms with E-state index in [4.69, 9.17) is 23.7 Å². The zero-order valence-corrected chi connectivity index (χ0v) is 24.9. The summed E-state index contributed by atoms with van der Waals surface area (Å²) < 4.78 is 29.8. The number of carbonyl (C=O) groups excluding carboxylic acids is 3. The van der Waals surface area contributed by atoms with Gasteiger partial charge in [-0.15, -0.1) is 0 Å². The highest BCUT2D eigenvalue weighted by atomic mass is 28.3. The van der Waals surface area contributed by atoms with Gasteiger partial charge in [0.15, 0.2) is 24.6 Å². The molecule has 0 aromatic heterocycles. The molecule has 42 heavy (non-hydrogen) atoms. The first-order valence-corrected chi connectivity index (χ1v) is 17.5. The van der Waals surface area contributed by atoms with Crippen LogP contribution >= 0.6 is 0 Å². The number of hydrogen-bond donors (Lipinski definition) is 1. The van der Waals surface area contributed by atoms with Crippen molar-refractivity contribution >= 4 is 26.0 Å². The van der Waals surface area contributed by atoms with E-state index in [1.54, 1.807) is 91.0 Å². The lowest BCUT2D eigenvalue weighted by molar-refractivity contribution is -0.297. The standard InChI is InChI=1S/C32H36O9Si/c1-42(2,3)20-19-37-32-28(41-31(36)24-17-11-6-12-18-24)27(40-30(35)23-15-9-5-10-16-23)26(25(21-33)38-32)39-29(34)22-13-7-4-8-14-22/h4-18,25-28,32-33H,19-21H2,1-3H3/t25-,26+,27+,28-,32-/m1/s1. The van der Waals surface area contributed by atoms with Crippen LogP contribution in [0.5, 0.6) is 0 Å². The molecule has 0 saturated carbocycles. The third-order valence-electron chi connectivity index (χ3n) is 6.66. The first kappa shape index (κ1) is 31.1. The van der Waals surface area contributed by atoms with Crippen LogP contribution in [0.1, 0.15) is 31.1 Å². The van der Waals surface area contributed by atoms with Crippen molar-refractivity contribution in [3.63, 3.8) is 0 Å². The molecule has 0 amide bonds. The van der Waals surface area contributed by atoms with E-state index in [1.165, 1.54) is 0 Å². The fourth-order valence-electron chi connectivity index (χ4n) is 4.34. The SMILES string of the molecule is C[Si](C)(C)CCO[C@@H]1O[C@H](CO)[C@H](OC(=O)c2ccccc2)[C@H](OC(=O)c2ccccc2)[C@H]1OC(=O)c1ccccc1. The van der Waals surface area contributed by atoms with Gasteiger partial charge in [-0.05, 0) is 42.4 Å². The van der Waals surface area contributed by atoms with E-state index in [2.05, 4.69) is 19.6 Å². The summed E-state index contributed by atoms with van der Waals surface area (Å²) in [6, 6.07) is 25.6. The normalized spacial score (nSPS) is 22.1. The van der Waals surface area contributed by atoms with Crippen molar-refractivity contribution in [2.24, 2.45) is 0 Å². The van der Waals surface area contributed by atoms with Gasteiger partial charge in [-0.1, -0.05) is 74.2 Å². The molecule has 0 spiro atoms. The minimum atomic E-state index is -1.53. The van der Waals surface area contributed by atoms with Gasteiger partial charge in [0.25, 0.3) is 0 Å². The predicted molar refractivity (Wildman–Crippen MR) is 157 cm³/mol. The summed E-state index contributed by atoms with van der Waals surface area (Å²) in [6.45, 7) is 6.26. The maximum atomic E-state index is 13.3. The monoisotopic (exact) mass is 592 g/mol. The second-order valence-corrected chi connectivity index (χ2v) is 16.7. The molecule has 0 aliphatic carbocycles. The summed E-state index contributed by atoms with van der Waals surface area (Å²) in [4.78, 5) is 39.7. The van der Waals surface area contributed by atoms with Crippen LogP contribution in [0.4, 0.5) is 0 Å². The van der Waals surface area contributed by atoms with E-state index in [0.717, 1.165) is 6.04 Å². The Morgan fingerprint density at radius 1 is 0.667 bits per heavy atom. The third kappa shape index (κ3) is 8.36. The van der Waals surface area contributed by atoms with Gasteiger partial charge in [0.1, 0.15) is 6.10 Å². The molecule has 1 fully saturated rings. The van der Waals surface area contributed by atoms with E-state index >= 15 is 0 Å². The molecule has 222 valence electrons. The molecule has 0 bridgehead atoms. The number of benzene rings is 3. The highest BCUT2D eigenvalue weighted by Gasteiger charge is 2.53. The molecule has 10 heteroatoms. The lowest BCUT2D eigenvalue weighted by atomic mass is 9.97. The summed E-state index contributed by atoms with van der Waals surface area (Å²) in [5, 5.41) is 10.3. The zero-order chi connectivity index (χ0) is 30.1. The Labute approximate surface area is 246 Å². The number of ether oxygens (including phenoxy) is 5. The number of hydrogen-bond acceptors (Lipinski definition) is 9. The Hall–Kier alpha value is -3.83.